The van der Waals surface area contributed by atoms with Crippen molar-refractivity contribution >= 4 is 11.8 Å². The lowest BCUT2D eigenvalue weighted by Gasteiger charge is -2.24. The summed E-state index contributed by atoms with van der Waals surface area (Å²) in [5.74, 6) is 3.00. The summed E-state index contributed by atoms with van der Waals surface area (Å²) in [4.78, 5) is 0. The Morgan fingerprint density at radius 2 is 2.00 bits per heavy atom. The minimum Gasteiger partial charge on any atom is -0.307 e. The van der Waals surface area contributed by atoms with Crippen LogP contribution in [0.2, 0.25) is 0 Å². The lowest BCUT2D eigenvalue weighted by molar-refractivity contribution is 0.413. The first-order chi connectivity index (χ1) is 9.20. The van der Waals surface area contributed by atoms with Gasteiger partial charge in [0.2, 0.25) is 0 Å². The monoisotopic (exact) mass is 281 g/mol. The molecular formula is C16H24FNS. The van der Waals surface area contributed by atoms with E-state index in [2.05, 4.69) is 19.2 Å². The molecule has 1 fully saturated rings. The number of hydrogen-bond donors (Lipinski definition) is 1. The normalized spacial score (nSPS) is 18.3. The molecule has 19 heavy (non-hydrogen) atoms. The molecule has 0 saturated heterocycles. The van der Waals surface area contributed by atoms with E-state index in [1.54, 1.807) is 12.1 Å². The van der Waals surface area contributed by atoms with Gasteiger partial charge in [0.1, 0.15) is 5.82 Å². The first kappa shape index (κ1) is 14.9. The molecule has 1 N–H and O–H groups in total. The first-order valence-electron chi connectivity index (χ1n) is 7.30. The average molecular weight is 281 g/mol. The third kappa shape index (κ3) is 4.81. The van der Waals surface area contributed by atoms with Crippen molar-refractivity contribution in [2.24, 2.45) is 5.92 Å². The summed E-state index contributed by atoms with van der Waals surface area (Å²) in [6, 6.07) is 7.93. The van der Waals surface area contributed by atoms with Crippen molar-refractivity contribution in [3.05, 3.63) is 35.6 Å². The van der Waals surface area contributed by atoms with Crippen LogP contribution in [0.15, 0.2) is 24.3 Å². The van der Waals surface area contributed by atoms with Crippen LogP contribution in [-0.2, 0) is 0 Å². The molecule has 1 saturated carbocycles. The first-order valence-corrected chi connectivity index (χ1v) is 8.45. The predicted molar refractivity (Wildman–Crippen MR) is 82.1 cm³/mol. The largest absolute Gasteiger partial charge is 0.307 e. The van der Waals surface area contributed by atoms with Crippen LogP contribution in [0.5, 0.6) is 0 Å². The van der Waals surface area contributed by atoms with E-state index in [4.69, 9.17) is 0 Å². The van der Waals surface area contributed by atoms with Crippen LogP contribution in [0.1, 0.15) is 44.7 Å². The number of halogens is 1. The summed E-state index contributed by atoms with van der Waals surface area (Å²) >= 11 is 2.00. The molecular weight excluding hydrogens is 257 g/mol. The average Bonchev–Trinajstić information content (AvgIpc) is 3.22. The van der Waals surface area contributed by atoms with Gasteiger partial charge in [-0.25, -0.2) is 4.39 Å². The van der Waals surface area contributed by atoms with Gasteiger partial charge in [-0.3, -0.25) is 0 Å². The molecule has 2 rings (SSSR count). The summed E-state index contributed by atoms with van der Waals surface area (Å²) in [7, 11) is 0. The van der Waals surface area contributed by atoms with Gasteiger partial charge >= 0.3 is 0 Å². The molecule has 106 valence electrons. The van der Waals surface area contributed by atoms with Crippen molar-refractivity contribution in [1.82, 2.24) is 5.32 Å². The number of hydrogen-bond acceptors (Lipinski definition) is 2. The third-order valence-corrected chi connectivity index (χ3v) is 4.62. The van der Waals surface area contributed by atoms with Crippen molar-refractivity contribution in [3.63, 3.8) is 0 Å². The molecule has 0 aliphatic heterocycles. The molecule has 1 aromatic rings. The maximum absolute atomic E-state index is 13.0. The second kappa shape index (κ2) is 7.30. The molecule has 0 radical (unpaired) electrons. The van der Waals surface area contributed by atoms with Crippen LogP contribution in [0.25, 0.3) is 0 Å². The van der Waals surface area contributed by atoms with Crippen molar-refractivity contribution < 1.29 is 4.39 Å². The molecule has 0 bridgehead atoms. The van der Waals surface area contributed by atoms with Gasteiger partial charge in [-0.2, -0.15) is 11.8 Å². The van der Waals surface area contributed by atoms with Crippen LogP contribution in [-0.4, -0.2) is 17.5 Å². The fourth-order valence-corrected chi connectivity index (χ4v) is 3.21. The topological polar surface area (TPSA) is 12.0 Å². The minimum atomic E-state index is -0.148. The molecule has 3 heteroatoms. The smallest absolute Gasteiger partial charge is 0.123 e. The summed E-state index contributed by atoms with van der Waals surface area (Å²) in [6.07, 6.45) is 3.79. The fourth-order valence-electron chi connectivity index (χ4n) is 2.40. The van der Waals surface area contributed by atoms with Crippen LogP contribution in [0, 0.1) is 11.7 Å². The second-order valence-electron chi connectivity index (χ2n) is 5.42. The lowest BCUT2D eigenvalue weighted by Crippen LogP contribution is -2.32. The number of nitrogens with one attached hydrogen (secondary N) is 1. The highest BCUT2D eigenvalue weighted by atomic mass is 32.2. The molecule has 0 amide bonds. The maximum atomic E-state index is 13.0. The standard InChI is InChI=1S/C16H24FNS/c1-3-19-11-10-12(2)18-16(13-4-5-13)14-6-8-15(17)9-7-14/h6-9,12-13,16,18H,3-5,10-11H2,1-2H3. The van der Waals surface area contributed by atoms with Gasteiger partial charge in [0.25, 0.3) is 0 Å². The zero-order valence-electron chi connectivity index (χ0n) is 11.9. The van der Waals surface area contributed by atoms with Crippen LogP contribution < -0.4 is 5.32 Å². The molecule has 0 aromatic heterocycles. The van der Waals surface area contributed by atoms with Gasteiger partial charge < -0.3 is 5.32 Å². The molecule has 0 spiro atoms. The Balaban J connectivity index is 1.91. The van der Waals surface area contributed by atoms with Gasteiger partial charge in [0, 0.05) is 12.1 Å². The Labute approximate surface area is 120 Å². The summed E-state index contributed by atoms with van der Waals surface area (Å²) < 4.78 is 13.0. The Hall–Kier alpha value is -0.540. The van der Waals surface area contributed by atoms with Crippen LogP contribution in [0.3, 0.4) is 0 Å². The van der Waals surface area contributed by atoms with E-state index in [1.807, 2.05) is 23.9 Å². The summed E-state index contributed by atoms with van der Waals surface area (Å²) in [5, 5.41) is 3.74. The van der Waals surface area contributed by atoms with E-state index >= 15 is 0 Å². The Bertz CT molecular complexity index is 375. The van der Waals surface area contributed by atoms with Crippen LogP contribution in [0.4, 0.5) is 4.39 Å². The van der Waals surface area contributed by atoms with Crippen molar-refractivity contribution in [1.29, 1.82) is 0 Å². The number of benzene rings is 1. The quantitative estimate of drug-likeness (QED) is 0.709. The third-order valence-electron chi connectivity index (χ3n) is 3.69. The molecule has 2 unspecified atom stereocenters. The molecule has 0 heterocycles. The molecule has 1 aliphatic carbocycles. The Morgan fingerprint density at radius 1 is 1.32 bits per heavy atom. The van der Waals surface area contributed by atoms with Gasteiger partial charge in [0.15, 0.2) is 0 Å². The van der Waals surface area contributed by atoms with Gasteiger partial charge in [-0.05, 0) is 61.3 Å². The lowest BCUT2D eigenvalue weighted by atomic mass is 10.0. The molecule has 1 nitrogen and oxygen atoms in total. The Kier molecular flexibility index (Phi) is 5.71. The molecule has 1 aromatic carbocycles. The fraction of sp³-hybridized carbons (Fsp3) is 0.625. The highest BCUT2D eigenvalue weighted by Gasteiger charge is 2.32. The summed E-state index contributed by atoms with van der Waals surface area (Å²) in [6.45, 7) is 4.46. The zero-order chi connectivity index (χ0) is 13.7. The van der Waals surface area contributed by atoms with Crippen molar-refractivity contribution in [3.8, 4) is 0 Å². The van der Waals surface area contributed by atoms with E-state index in [9.17, 15) is 4.39 Å². The molecule has 2 atom stereocenters. The maximum Gasteiger partial charge on any atom is 0.123 e. The van der Waals surface area contributed by atoms with E-state index < -0.39 is 0 Å². The van der Waals surface area contributed by atoms with Gasteiger partial charge in [-0.1, -0.05) is 19.1 Å². The van der Waals surface area contributed by atoms with E-state index in [0.717, 1.165) is 5.92 Å². The molecule has 1 aliphatic rings. The zero-order valence-corrected chi connectivity index (χ0v) is 12.7. The van der Waals surface area contributed by atoms with Crippen molar-refractivity contribution in [2.75, 3.05) is 11.5 Å². The minimum absolute atomic E-state index is 0.148. The van der Waals surface area contributed by atoms with Gasteiger partial charge in [-0.15, -0.1) is 0 Å². The van der Waals surface area contributed by atoms with E-state index in [-0.39, 0.29) is 5.82 Å². The second-order valence-corrected chi connectivity index (χ2v) is 6.81. The summed E-state index contributed by atoms with van der Waals surface area (Å²) in [5.41, 5.74) is 1.24. The van der Waals surface area contributed by atoms with E-state index in [0.29, 0.717) is 12.1 Å². The van der Waals surface area contributed by atoms with Gasteiger partial charge in [0.05, 0.1) is 0 Å². The van der Waals surface area contributed by atoms with Crippen molar-refractivity contribution in [2.45, 2.75) is 45.2 Å². The SMILES string of the molecule is CCSCCC(C)NC(c1ccc(F)cc1)C1CC1. The van der Waals surface area contributed by atoms with Crippen LogP contribution >= 0.6 is 11.8 Å². The number of thioether (sulfide) groups is 1. The predicted octanol–water partition coefficient (Wildman–Crippen LogP) is 4.40. The highest BCUT2D eigenvalue weighted by Crippen LogP contribution is 2.41. The number of rotatable bonds is 8. The highest BCUT2D eigenvalue weighted by molar-refractivity contribution is 7.99. The Morgan fingerprint density at radius 3 is 2.58 bits per heavy atom. The van der Waals surface area contributed by atoms with E-state index in [1.165, 1.54) is 36.3 Å².